The average Bonchev–Trinajstić information content (AvgIpc) is 3.06. The van der Waals surface area contributed by atoms with Crippen molar-refractivity contribution in [1.29, 1.82) is 0 Å². The van der Waals surface area contributed by atoms with Crippen LogP contribution in [0.3, 0.4) is 0 Å². The van der Waals surface area contributed by atoms with Gasteiger partial charge in [0.25, 0.3) is 9.70 Å². The molecule has 0 aliphatic carbocycles. The van der Waals surface area contributed by atoms with Crippen molar-refractivity contribution in [1.82, 2.24) is 5.32 Å². The van der Waals surface area contributed by atoms with Crippen molar-refractivity contribution in [2.24, 2.45) is 5.92 Å². The second-order valence-electron chi connectivity index (χ2n) is 11.0. The first-order chi connectivity index (χ1) is 22.0. The lowest BCUT2D eigenvalue weighted by molar-refractivity contribution is -0.268. The highest BCUT2D eigenvalue weighted by Gasteiger charge is 2.38. The molecule has 1 saturated heterocycles. The fourth-order valence-corrected chi connectivity index (χ4v) is 6.46. The molecule has 1 amide bonds. The highest BCUT2D eigenvalue weighted by molar-refractivity contribution is 7.99. The molecule has 1 aliphatic heterocycles. The maximum Gasteiger partial charge on any atom is 0.335 e. The molecule has 0 saturated carbocycles. The summed E-state index contributed by atoms with van der Waals surface area (Å²) in [5.41, 5.74) is 5.59. The highest BCUT2D eigenvalue weighted by Crippen LogP contribution is 2.43. The molecule has 7 nitrogen and oxygen atoms in total. The molecule has 0 spiro atoms. The number of thioether (sulfide) groups is 1. The second-order valence-corrected chi connectivity index (χ2v) is 14.3. The fourth-order valence-electron chi connectivity index (χ4n) is 5.19. The lowest BCUT2D eigenvalue weighted by Crippen LogP contribution is -2.38. The zero-order valence-corrected chi connectivity index (χ0v) is 27.8. The maximum atomic E-state index is 12.0. The number of aromatic carboxylic acids is 1. The largest absolute Gasteiger partial charge is 0.478 e. The Balaban J connectivity index is 1.38. The zero-order chi connectivity index (χ0) is 32.8. The van der Waals surface area contributed by atoms with Gasteiger partial charge in [-0.2, -0.15) is 0 Å². The van der Waals surface area contributed by atoms with Gasteiger partial charge in [0, 0.05) is 28.7 Å². The van der Waals surface area contributed by atoms with E-state index in [2.05, 4.69) is 12.2 Å². The molecule has 5 rings (SSSR count). The monoisotopic (exact) mass is 699 g/mol. The first-order valence-corrected chi connectivity index (χ1v) is 16.6. The molecule has 0 bridgehead atoms. The fraction of sp³-hybridized carbons (Fsp3) is 0.257. The van der Waals surface area contributed by atoms with E-state index in [0.29, 0.717) is 5.75 Å². The molecule has 4 unspecified atom stereocenters. The molecule has 3 N–H and O–H groups in total. The van der Waals surface area contributed by atoms with Crippen LogP contribution in [0.2, 0.25) is 0 Å². The van der Waals surface area contributed by atoms with Crippen LogP contribution in [0, 0.1) is 5.92 Å². The highest BCUT2D eigenvalue weighted by atomic mass is 35.6. The van der Waals surface area contributed by atoms with E-state index >= 15 is 0 Å². The molecule has 4 aromatic carbocycles. The standard InChI is InChI=1S/C35H32Cl3NO6S/c1-21-30(20-46-29-14-12-25(13-15-29)32(41)42)44-33(45-31(21)24-10-8-22(19-40)9-11-24)28-7-3-6-27(17-28)26-5-2-4-23(16-26)18-39-34(43)35(36,37)38/h2-17,21,30-31,33,40H,18-20H2,1H3,(H,39,43)(H,41,42). The minimum Gasteiger partial charge on any atom is -0.478 e. The number of carbonyl (C=O) groups excluding carboxylic acids is 1. The van der Waals surface area contributed by atoms with E-state index in [-0.39, 0.29) is 36.8 Å². The molecule has 1 fully saturated rings. The van der Waals surface area contributed by atoms with Crippen molar-refractivity contribution in [3.8, 4) is 11.1 Å². The number of benzene rings is 4. The Hall–Kier alpha value is -3.08. The van der Waals surface area contributed by atoms with Gasteiger partial charge >= 0.3 is 5.97 Å². The predicted octanol–water partition coefficient (Wildman–Crippen LogP) is 8.11. The number of carboxylic acid groups (broad SMARTS) is 1. The normalized spacial score (nSPS) is 19.8. The van der Waals surface area contributed by atoms with Crippen LogP contribution in [0.4, 0.5) is 0 Å². The van der Waals surface area contributed by atoms with Gasteiger partial charge in [-0.25, -0.2) is 4.79 Å². The molecule has 1 aliphatic rings. The second kappa shape index (κ2) is 15.2. The van der Waals surface area contributed by atoms with Crippen LogP contribution in [-0.2, 0) is 27.4 Å². The first kappa shape index (κ1) is 34.3. The zero-order valence-electron chi connectivity index (χ0n) is 24.7. The van der Waals surface area contributed by atoms with Gasteiger partial charge in [0.05, 0.1) is 24.4 Å². The third kappa shape index (κ3) is 8.63. The van der Waals surface area contributed by atoms with Gasteiger partial charge in [0.1, 0.15) is 0 Å². The predicted molar refractivity (Wildman–Crippen MR) is 181 cm³/mol. The number of amides is 1. The molecule has 1 heterocycles. The first-order valence-electron chi connectivity index (χ1n) is 14.5. The van der Waals surface area contributed by atoms with Gasteiger partial charge in [0.2, 0.25) is 0 Å². The lowest BCUT2D eigenvalue weighted by Gasteiger charge is -2.41. The van der Waals surface area contributed by atoms with Gasteiger partial charge in [-0.3, -0.25) is 4.79 Å². The molecule has 0 aromatic heterocycles. The summed E-state index contributed by atoms with van der Waals surface area (Å²) in [7, 11) is 0. The van der Waals surface area contributed by atoms with Crippen LogP contribution in [0.15, 0.2) is 102 Å². The Labute approximate surface area is 286 Å². The third-order valence-electron chi connectivity index (χ3n) is 7.77. The van der Waals surface area contributed by atoms with Crippen molar-refractivity contribution >= 4 is 58.4 Å². The molecule has 11 heteroatoms. The Bertz CT molecular complexity index is 1660. The average molecular weight is 701 g/mol. The van der Waals surface area contributed by atoms with Gasteiger partial charge < -0.3 is 25.0 Å². The van der Waals surface area contributed by atoms with Gasteiger partial charge in [-0.1, -0.05) is 102 Å². The summed E-state index contributed by atoms with van der Waals surface area (Å²) < 4.78 is 11.2. The van der Waals surface area contributed by atoms with Crippen molar-refractivity contribution in [3.63, 3.8) is 0 Å². The molecular formula is C35H32Cl3NO6S. The quantitative estimate of drug-likeness (QED) is 0.113. The van der Waals surface area contributed by atoms with E-state index in [9.17, 15) is 19.8 Å². The van der Waals surface area contributed by atoms with Crippen molar-refractivity contribution in [3.05, 3.63) is 125 Å². The van der Waals surface area contributed by atoms with Gasteiger partial charge in [-0.05, 0) is 64.2 Å². The number of carbonyl (C=O) groups is 2. The van der Waals surface area contributed by atoms with Crippen molar-refractivity contribution in [2.45, 2.75) is 47.3 Å². The van der Waals surface area contributed by atoms with Gasteiger partial charge in [0.15, 0.2) is 6.29 Å². The lowest BCUT2D eigenvalue weighted by atomic mass is 9.91. The number of carboxylic acids is 1. The van der Waals surface area contributed by atoms with E-state index in [4.69, 9.17) is 44.3 Å². The van der Waals surface area contributed by atoms with Crippen LogP contribution in [-0.4, -0.2) is 37.7 Å². The maximum absolute atomic E-state index is 12.0. The van der Waals surface area contributed by atoms with Crippen LogP contribution in [0.1, 0.15) is 51.9 Å². The summed E-state index contributed by atoms with van der Waals surface area (Å²) in [6.45, 7) is 2.26. The van der Waals surface area contributed by atoms with Crippen molar-refractivity contribution < 1.29 is 29.3 Å². The smallest absolute Gasteiger partial charge is 0.335 e. The number of aliphatic hydroxyl groups is 1. The molecule has 240 valence electrons. The van der Waals surface area contributed by atoms with E-state index in [0.717, 1.165) is 38.3 Å². The Morgan fingerprint density at radius 2 is 1.52 bits per heavy atom. The minimum atomic E-state index is -2.04. The summed E-state index contributed by atoms with van der Waals surface area (Å²) >= 11 is 18.6. The summed E-state index contributed by atoms with van der Waals surface area (Å²) in [5.74, 6) is -1.04. The van der Waals surface area contributed by atoms with E-state index < -0.39 is 22.0 Å². The summed E-state index contributed by atoms with van der Waals surface area (Å²) in [4.78, 5) is 24.2. The number of alkyl halides is 3. The topological polar surface area (TPSA) is 105 Å². The van der Waals surface area contributed by atoms with Crippen LogP contribution in [0.5, 0.6) is 0 Å². The third-order valence-corrected chi connectivity index (χ3v) is 9.38. The Kier molecular flexibility index (Phi) is 11.3. The van der Waals surface area contributed by atoms with E-state index in [1.54, 1.807) is 36.0 Å². The summed E-state index contributed by atoms with van der Waals surface area (Å²) in [5, 5.41) is 21.4. The van der Waals surface area contributed by atoms with Gasteiger partial charge in [-0.15, -0.1) is 11.8 Å². The summed E-state index contributed by atoms with van der Waals surface area (Å²) in [6.07, 6.45) is -1.13. The molecule has 4 aromatic rings. The van der Waals surface area contributed by atoms with Crippen molar-refractivity contribution in [2.75, 3.05) is 5.75 Å². The van der Waals surface area contributed by atoms with Crippen LogP contribution >= 0.6 is 46.6 Å². The number of hydrogen-bond donors (Lipinski definition) is 3. The number of ether oxygens (including phenoxy) is 2. The Morgan fingerprint density at radius 3 is 2.17 bits per heavy atom. The molecule has 46 heavy (non-hydrogen) atoms. The molecule has 0 radical (unpaired) electrons. The number of hydrogen-bond acceptors (Lipinski definition) is 6. The SMILES string of the molecule is CC1C(CSc2ccc(C(=O)O)cc2)OC(c2cccc(-c3cccc(CNC(=O)C(Cl)(Cl)Cl)c3)c2)OC1c1ccc(CO)cc1. The number of aliphatic hydroxyl groups excluding tert-OH is 1. The minimum absolute atomic E-state index is 0.00945. The van der Waals surface area contributed by atoms with Crippen LogP contribution < -0.4 is 5.32 Å². The summed E-state index contributed by atoms with van der Waals surface area (Å²) in [6, 6.07) is 30.2. The van der Waals surface area contributed by atoms with E-state index in [1.165, 1.54) is 0 Å². The Morgan fingerprint density at radius 1 is 0.848 bits per heavy atom. The molecular weight excluding hydrogens is 669 g/mol. The number of nitrogens with one attached hydrogen (secondary N) is 1. The number of rotatable bonds is 10. The van der Waals surface area contributed by atoms with Crippen LogP contribution in [0.25, 0.3) is 11.1 Å². The number of halogens is 3. The molecule has 4 atom stereocenters. The van der Waals surface area contributed by atoms with E-state index in [1.807, 2.05) is 72.8 Å².